The van der Waals surface area contributed by atoms with Crippen LogP contribution in [-0.4, -0.2) is 39.3 Å². The molecule has 1 rings (SSSR count). The van der Waals surface area contributed by atoms with Crippen molar-refractivity contribution >= 4 is 25.4 Å². The molecule has 0 fully saturated rings. The number of hydrogen-bond acceptors (Lipinski definition) is 4. The predicted molar refractivity (Wildman–Crippen MR) is 57.4 cm³/mol. The van der Waals surface area contributed by atoms with E-state index in [0.717, 1.165) is 0 Å². The molecule has 5 heteroatoms. The fourth-order valence-electron chi connectivity index (χ4n) is 0.997. The van der Waals surface area contributed by atoms with E-state index in [1.165, 1.54) is 11.6 Å². The number of rotatable bonds is 5. The Balaban J connectivity index is 2.44. The van der Waals surface area contributed by atoms with Gasteiger partial charge >= 0.3 is 94.4 Å². The first kappa shape index (κ1) is 12.2. The molecule has 1 unspecified atom stereocenters. The van der Waals surface area contributed by atoms with Gasteiger partial charge in [0.2, 0.25) is 0 Å². The molecule has 0 saturated heterocycles. The SMILES string of the molecule is COC(=O)C(C[Se]c1ccccc1)NO. The topological polar surface area (TPSA) is 58.6 Å². The van der Waals surface area contributed by atoms with Crippen molar-refractivity contribution in [2.45, 2.75) is 11.4 Å². The van der Waals surface area contributed by atoms with E-state index in [-0.39, 0.29) is 15.0 Å². The van der Waals surface area contributed by atoms with Crippen molar-refractivity contribution in [3.63, 3.8) is 0 Å². The fourth-order valence-corrected chi connectivity index (χ4v) is 2.93. The molecule has 0 heterocycles. The van der Waals surface area contributed by atoms with Crippen molar-refractivity contribution in [1.82, 2.24) is 5.48 Å². The van der Waals surface area contributed by atoms with Crippen LogP contribution in [0.5, 0.6) is 0 Å². The zero-order valence-corrected chi connectivity index (χ0v) is 10.1. The van der Waals surface area contributed by atoms with Crippen LogP contribution in [0.2, 0.25) is 5.32 Å². The normalized spacial score (nSPS) is 12.1. The molecule has 15 heavy (non-hydrogen) atoms. The second kappa shape index (κ2) is 6.58. The van der Waals surface area contributed by atoms with Crippen molar-refractivity contribution in [3.05, 3.63) is 30.3 Å². The molecule has 0 spiro atoms. The Hall–Kier alpha value is -0.871. The van der Waals surface area contributed by atoms with Gasteiger partial charge in [0.1, 0.15) is 0 Å². The van der Waals surface area contributed by atoms with E-state index < -0.39 is 12.0 Å². The van der Waals surface area contributed by atoms with Gasteiger partial charge in [-0.25, -0.2) is 0 Å². The summed E-state index contributed by atoms with van der Waals surface area (Å²) in [4.78, 5) is 11.1. The van der Waals surface area contributed by atoms with Crippen LogP contribution < -0.4 is 9.94 Å². The number of nitrogens with one attached hydrogen (secondary N) is 1. The molecule has 0 amide bonds. The summed E-state index contributed by atoms with van der Waals surface area (Å²) in [5.74, 6) is -0.435. The van der Waals surface area contributed by atoms with Crippen molar-refractivity contribution in [2.75, 3.05) is 7.11 Å². The Labute approximate surface area is 94.7 Å². The maximum atomic E-state index is 11.1. The molecule has 1 aromatic carbocycles. The maximum absolute atomic E-state index is 11.1. The molecule has 0 saturated carbocycles. The Morgan fingerprint density at radius 1 is 1.53 bits per heavy atom. The summed E-state index contributed by atoms with van der Waals surface area (Å²) in [5, 5.41) is 9.33. The predicted octanol–water partition coefficient (Wildman–Crippen LogP) is -0.0452. The number of carbonyl (C=O) groups is 1. The molecule has 0 aliphatic heterocycles. The van der Waals surface area contributed by atoms with E-state index in [1.54, 1.807) is 0 Å². The Morgan fingerprint density at radius 3 is 2.73 bits per heavy atom. The summed E-state index contributed by atoms with van der Waals surface area (Å²) in [6, 6.07) is 9.24. The van der Waals surface area contributed by atoms with Crippen LogP contribution in [0.15, 0.2) is 30.3 Å². The van der Waals surface area contributed by atoms with Crippen LogP contribution in [-0.2, 0) is 9.53 Å². The first-order valence-corrected chi connectivity index (χ1v) is 6.50. The molecular weight excluding hydrogens is 261 g/mol. The minimum absolute atomic E-state index is 0.149. The second-order valence-corrected chi connectivity index (χ2v) is 5.12. The van der Waals surface area contributed by atoms with Crippen LogP contribution in [0.1, 0.15) is 0 Å². The van der Waals surface area contributed by atoms with E-state index in [2.05, 4.69) is 4.74 Å². The molecule has 82 valence electrons. The van der Waals surface area contributed by atoms with Gasteiger partial charge in [-0.3, -0.25) is 0 Å². The summed E-state index contributed by atoms with van der Waals surface area (Å²) in [7, 11) is 1.31. The number of methoxy groups -OCH3 is 1. The van der Waals surface area contributed by atoms with Crippen LogP contribution in [0, 0.1) is 0 Å². The average molecular weight is 274 g/mol. The minimum atomic E-state index is -0.629. The quantitative estimate of drug-likeness (QED) is 0.449. The standard InChI is InChI=1S/C10H13NO3Se/c1-14-10(12)9(11-13)7-15-8-5-3-2-4-6-8/h2-6,9,11,13H,7H2,1H3. The van der Waals surface area contributed by atoms with Crippen molar-refractivity contribution < 1.29 is 14.7 Å². The van der Waals surface area contributed by atoms with Crippen molar-refractivity contribution in [2.24, 2.45) is 0 Å². The first-order valence-electron chi connectivity index (χ1n) is 4.43. The molecule has 0 aliphatic rings. The molecule has 4 nitrogen and oxygen atoms in total. The third kappa shape index (κ3) is 4.01. The van der Waals surface area contributed by atoms with Gasteiger partial charge in [-0.2, -0.15) is 0 Å². The van der Waals surface area contributed by atoms with Crippen LogP contribution >= 0.6 is 0 Å². The van der Waals surface area contributed by atoms with Gasteiger partial charge in [0, 0.05) is 0 Å². The summed E-state index contributed by atoms with van der Waals surface area (Å²) < 4.78 is 5.73. The van der Waals surface area contributed by atoms with Gasteiger partial charge in [-0.15, -0.1) is 0 Å². The number of esters is 1. The monoisotopic (exact) mass is 275 g/mol. The molecule has 0 aromatic heterocycles. The van der Waals surface area contributed by atoms with Crippen LogP contribution in [0.25, 0.3) is 0 Å². The number of carbonyl (C=O) groups excluding carboxylic acids is 1. The van der Waals surface area contributed by atoms with E-state index in [4.69, 9.17) is 5.21 Å². The summed E-state index contributed by atoms with van der Waals surface area (Å²) in [6.07, 6.45) is 0. The van der Waals surface area contributed by atoms with Gasteiger partial charge in [-0.1, -0.05) is 0 Å². The second-order valence-electron chi connectivity index (χ2n) is 2.83. The Kier molecular flexibility index (Phi) is 5.35. The van der Waals surface area contributed by atoms with Crippen molar-refractivity contribution in [1.29, 1.82) is 0 Å². The van der Waals surface area contributed by atoms with Crippen LogP contribution in [0.4, 0.5) is 0 Å². The third-order valence-corrected chi connectivity index (χ3v) is 4.12. The zero-order valence-electron chi connectivity index (χ0n) is 8.34. The molecule has 0 aliphatic carbocycles. The average Bonchev–Trinajstić information content (AvgIpc) is 2.31. The molecular formula is C10H13NO3Se. The third-order valence-electron chi connectivity index (χ3n) is 1.80. The van der Waals surface area contributed by atoms with Gasteiger partial charge in [0.25, 0.3) is 0 Å². The zero-order chi connectivity index (χ0) is 11.1. The van der Waals surface area contributed by atoms with Gasteiger partial charge < -0.3 is 0 Å². The van der Waals surface area contributed by atoms with Gasteiger partial charge in [-0.05, 0) is 0 Å². The first-order chi connectivity index (χ1) is 7.27. The van der Waals surface area contributed by atoms with E-state index in [9.17, 15) is 4.79 Å². The van der Waals surface area contributed by atoms with Gasteiger partial charge in [0.05, 0.1) is 0 Å². The molecule has 1 aromatic rings. The molecule has 2 N–H and O–H groups in total. The molecule has 0 bridgehead atoms. The molecule has 0 radical (unpaired) electrons. The Bertz CT molecular complexity index is 305. The van der Waals surface area contributed by atoms with E-state index >= 15 is 0 Å². The number of hydrogen-bond donors (Lipinski definition) is 2. The van der Waals surface area contributed by atoms with Gasteiger partial charge in [0.15, 0.2) is 0 Å². The molecule has 1 atom stereocenters. The van der Waals surface area contributed by atoms with E-state index in [1.807, 2.05) is 35.8 Å². The van der Waals surface area contributed by atoms with Crippen LogP contribution in [0.3, 0.4) is 0 Å². The number of benzene rings is 1. The fraction of sp³-hybridized carbons (Fsp3) is 0.300. The number of hydroxylamine groups is 1. The summed E-state index contributed by atoms with van der Waals surface area (Å²) >= 11 is 0.149. The van der Waals surface area contributed by atoms with Crippen molar-refractivity contribution in [3.8, 4) is 0 Å². The number of ether oxygens (including phenoxy) is 1. The summed E-state index contributed by atoms with van der Waals surface area (Å²) in [5.41, 5.74) is 1.96. The summed E-state index contributed by atoms with van der Waals surface area (Å²) in [6.45, 7) is 0. The Morgan fingerprint density at radius 2 is 2.20 bits per heavy atom. The van der Waals surface area contributed by atoms with E-state index in [0.29, 0.717) is 5.32 Å².